The second-order valence-electron chi connectivity index (χ2n) is 5.71. The number of carboxylic acid groups (broad SMARTS) is 1. The van der Waals surface area contributed by atoms with Gasteiger partial charge in [0.2, 0.25) is 5.91 Å². The maximum atomic E-state index is 12.3. The van der Waals surface area contributed by atoms with Crippen LogP contribution in [0, 0.1) is 0 Å². The molecule has 1 heterocycles. The van der Waals surface area contributed by atoms with Crippen molar-refractivity contribution in [3.63, 3.8) is 0 Å². The molecule has 6 nitrogen and oxygen atoms in total. The fourth-order valence-corrected chi connectivity index (χ4v) is 2.89. The highest BCUT2D eigenvalue weighted by atomic mass is 32.2. The van der Waals surface area contributed by atoms with Crippen molar-refractivity contribution in [1.82, 2.24) is 9.80 Å². The number of hydrogen-bond acceptors (Lipinski definition) is 4. The fourth-order valence-electron chi connectivity index (χ4n) is 2.04. The molecule has 7 heteroatoms. The lowest BCUT2D eigenvalue weighted by Crippen LogP contribution is -2.47. The van der Waals surface area contributed by atoms with E-state index in [2.05, 4.69) is 0 Å². The van der Waals surface area contributed by atoms with Gasteiger partial charge < -0.3 is 14.9 Å². The van der Waals surface area contributed by atoms with Crippen LogP contribution >= 0.6 is 11.8 Å². The standard InChI is InChI=1S/C13H22N2O4S/c1-13(2,3)15(7-5-11(17)18)10(16)4-6-14-8-9-20-12(14)19/h4-9H2,1-3H3,(H,17,18). The Labute approximate surface area is 123 Å². The van der Waals surface area contributed by atoms with E-state index >= 15 is 0 Å². The lowest BCUT2D eigenvalue weighted by molar-refractivity contribution is -0.140. The van der Waals surface area contributed by atoms with Gasteiger partial charge in [0.05, 0.1) is 6.42 Å². The van der Waals surface area contributed by atoms with Crippen LogP contribution in [0.4, 0.5) is 4.79 Å². The van der Waals surface area contributed by atoms with E-state index in [4.69, 9.17) is 5.11 Å². The van der Waals surface area contributed by atoms with E-state index in [1.54, 1.807) is 9.80 Å². The third-order valence-corrected chi connectivity index (χ3v) is 3.99. The van der Waals surface area contributed by atoms with Gasteiger partial charge in [-0.2, -0.15) is 0 Å². The summed E-state index contributed by atoms with van der Waals surface area (Å²) in [5.41, 5.74) is -0.420. The number of nitrogens with zero attached hydrogens (tertiary/aromatic N) is 2. The first-order chi connectivity index (χ1) is 9.21. The average molecular weight is 302 g/mol. The predicted octanol–water partition coefficient (Wildman–Crippen LogP) is 1.65. The quantitative estimate of drug-likeness (QED) is 0.807. The minimum Gasteiger partial charge on any atom is -0.481 e. The molecule has 0 spiro atoms. The molecule has 2 amide bonds. The molecular weight excluding hydrogens is 280 g/mol. The van der Waals surface area contributed by atoms with E-state index in [1.807, 2.05) is 20.8 Å². The first-order valence-electron chi connectivity index (χ1n) is 6.66. The van der Waals surface area contributed by atoms with Gasteiger partial charge in [0.1, 0.15) is 0 Å². The molecule has 1 rings (SSSR count). The molecule has 114 valence electrons. The lowest BCUT2D eigenvalue weighted by Gasteiger charge is -2.36. The summed E-state index contributed by atoms with van der Waals surface area (Å²) < 4.78 is 0. The molecule has 0 aliphatic carbocycles. The van der Waals surface area contributed by atoms with Gasteiger partial charge in [0, 0.05) is 37.3 Å². The highest BCUT2D eigenvalue weighted by Gasteiger charge is 2.28. The maximum absolute atomic E-state index is 12.3. The first kappa shape index (κ1) is 16.8. The second kappa shape index (κ2) is 6.97. The molecular formula is C13H22N2O4S. The summed E-state index contributed by atoms with van der Waals surface area (Å²) in [4.78, 5) is 37.6. The van der Waals surface area contributed by atoms with Crippen molar-refractivity contribution in [1.29, 1.82) is 0 Å². The summed E-state index contributed by atoms with van der Waals surface area (Å²) >= 11 is 1.27. The number of rotatable bonds is 6. The number of aliphatic carboxylic acids is 1. The Hall–Kier alpha value is -1.24. The van der Waals surface area contributed by atoms with Crippen LogP contribution in [0.15, 0.2) is 0 Å². The largest absolute Gasteiger partial charge is 0.481 e. The number of amides is 2. The van der Waals surface area contributed by atoms with Crippen LogP contribution < -0.4 is 0 Å². The molecule has 1 N–H and O–H groups in total. The topological polar surface area (TPSA) is 77.9 Å². The Kier molecular flexibility index (Phi) is 5.86. The number of carbonyl (C=O) groups is 3. The van der Waals surface area contributed by atoms with Crippen molar-refractivity contribution in [2.45, 2.75) is 39.2 Å². The minimum atomic E-state index is -0.918. The SMILES string of the molecule is CC(C)(C)N(CCC(=O)O)C(=O)CCN1CCSC1=O. The van der Waals surface area contributed by atoms with Gasteiger partial charge in [-0.15, -0.1) is 0 Å². The van der Waals surface area contributed by atoms with Gasteiger partial charge >= 0.3 is 5.97 Å². The van der Waals surface area contributed by atoms with Gasteiger partial charge in [-0.05, 0) is 20.8 Å². The van der Waals surface area contributed by atoms with Gasteiger partial charge in [0.15, 0.2) is 0 Å². The second-order valence-corrected chi connectivity index (χ2v) is 6.76. The molecule has 1 saturated heterocycles. The molecule has 0 atom stereocenters. The van der Waals surface area contributed by atoms with E-state index in [9.17, 15) is 14.4 Å². The highest BCUT2D eigenvalue weighted by Crippen LogP contribution is 2.19. The number of hydrogen-bond donors (Lipinski definition) is 1. The average Bonchev–Trinajstić information content (AvgIpc) is 2.70. The van der Waals surface area contributed by atoms with Crippen molar-refractivity contribution < 1.29 is 19.5 Å². The zero-order chi connectivity index (χ0) is 15.3. The van der Waals surface area contributed by atoms with Crippen molar-refractivity contribution in [3.8, 4) is 0 Å². The summed E-state index contributed by atoms with van der Waals surface area (Å²) in [6, 6.07) is 0. The van der Waals surface area contributed by atoms with Crippen molar-refractivity contribution in [2.75, 3.05) is 25.4 Å². The summed E-state index contributed by atoms with van der Waals surface area (Å²) in [6.07, 6.45) is 0.171. The Morgan fingerprint density at radius 1 is 1.35 bits per heavy atom. The van der Waals surface area contributed by atoms with Gasteiger partial charge in [-0.25, -0.2) is 0 Å². The molecule has 0 aromatic rings. The van der Waals surface area contributed by atoms with E-state index < -0.39 is 11.5 Å². The van der Waals surface area contributed by atoms with Crippen LogP contribution in [0.5, 0.6) is 0 Å². The van der Waals surface area contributed by atoms with Gasteiger partial charge in [-0.3, -0.25) is 14.4 Å². The molecule has 0 aromatic heterocycles. The van der Waals surface area contributed by atoms with E-state index in [0.717, 1.165) is 5.75 Å². The van der Waals surface area contributed by atoms with Crippen molar-refractivity contribution in [2.24, 2.45) is 0 Å². The molecule has 1 aliphatic heterocycles. The Balaban J connectivity index is 2.54. The predicted molar refractivity (Wildman–Crippen MR) is 77.8 cm³/mol. The van der Waals surface area contributed by atoms with Crippen LogP contribution in [0.1, 0.15) is 33.6 Å². The molecule has 0 bridgehead atoms. The highest BCUT2D eigenvalue weighted by molar-refractivity contribution is 8.13. The van der Waals surface area contributed by atoms with Crippen LogP contribution in [0.3, 0.4) is 0 Å². The van der Waals surface area contributed by atoms with E-state index in [0.29, 0.717) is 13.1 Å². The van der Waals surface area contributed by atoms with Gasteiger partial charge in [-0.1, -0.05) is 11.8 Å². The minimum absolute atomic E-state index is 0.0191. The van der Waals surface area contributed by atoms with Crippen LogP contribution in [-0.2, 0) is 9.59 Å². The maximum Gasteiger partial charge on any atom is 0.305 e. The van der Waals surface area contributed by atoms with Crippen molar-refractivity contribution in [3.05, 3.63) is 0 Å². The summed E-state index contributed by atoms with van der Waals surface area (Å²) in [6.45, 7) is 6.92. The molecule has 0 radical (unpaired) electrons. The van der Waals surface area contributed by atoms with E-state index in [-0.39, 0.29) is 30.5 Å². The van der Waals surface area contributed by atoms with E-state index in [1.165, 1.54) is 11.8 Å². The van der Waals surface area contributed by atoms with Crippen LogP contribution in [0.2, 0.25) is 0 Å². The Bertz CT molecular complexity index is 392. The smallest absolute Gasteiger partial charge is 0.305 e. The molecule has 20 heavy (non-hydrogen) atoms. The Morgan fingerprint density at radius 2 is 2.00 bits per heavy atom. The van der Waals surface area contributed by atoms with Gasteiger partial charge in [0.25, 0.3) is 5.24 Å². The fraction of sp³-hybridized carbons (Fsp3) is 0.769. The van der Waals surface area contributed by atoms with Crippen molar-refractivity contribution >= 4 is 28.9 Å². The molecule has 1 aliphatic rings. The summed E-state index contributed by atoms with van der Waals surface area (Å²) in [5.74, 6) is -0.253. The summed E-state index contributed by atoms with van der Waals surface area (Å²) in [7, 11) is 0. The third-order valence-electron chi connectivity index (χ3n) is 3.10. The molecule has 0 unspecified atom stereocenters. The normalized spacial score (nSPS) is 15.6. The first-order valence-corrected chi connectivity index (χ1v) is 7.64. The third kappa shape index (κ3) is 5.03. The molecule has 0 aromatic carbocycles. The monoisotopic (exact) mass is 302 g/mol. The Morgan fingerprint density at radius 3 is 2.45 bits per heavy atom. The number of carbonyl (C=O) groups excluding carboxylic acids is 2. The molecule has 0 saturated carbocycles. The zero-order valence-corrected chi connectivity index (χ0v) is 13.0. The van der Waals surface area contributed by atoms with Crippen LogP contribution in [0.25, 0.3) is 0 Å². The zero-order valence-electron chi connectivity index (χ0n) is 12.2. The molecule has 1 fully saturated rings. The summed E-state index contributed by atoms with van der Waals surface area (Å²) in [5, 5.41) is 8.77. The van der Waals surface area contributed by atoms with Crippen LogP contribution in [-0.4, -0.2) is 62.9 Å². The number of carboxylic acids is 1. The lowest BCUT2D eigenvalue weighted by atomic mass is 10.0. The number of thioether (sulfide) groups is 1.